The molecule has 3 aliphatic heterocycles. The van der Waals surface area contributed by atoms with Gasteiger partial charge >= 0.3 is 12.0 Å². The van der Waals surface area contributed by atoms with Gasteiger partial charge in [0.15, 0.2) is 0 Å². The second kappa shape index (κ2) is 6.22. The van der Waals surface area contributed by atoms with Crippen LogP contribution < -0.4 is 0 Å². The van der Waals surface area contributed by atoms with Crippen molar-refractivity contribution in [1.29, 1.82) is 0 Å². The molecule has 2 amide bonds. The van der Waals surface area contributed by atoms with E-state index in [0.29, 0.717) is 25.6 Å². The predicted molar refractivity (Wildman–Crippen MR) is 78.1 cm³/mol. The Balaban J connectivity index is 1.58. The molecular weight excluding hydrogens is 270 g/mol. The zero-order valence-electron chi connectivity index (χ0n) is 12.5. The van der Waals surface area contributed by atoms with Crippen molar-refractivity contribution in [1.82, 2.24) is 14.7 Å². The first-order chi connectivity index (χ1) is 10.1. The highest BCUT2D eigenvalue weighted by Gasteiger charge is 2.35. The van der Waals surface area contributed by atoms with Gasteiger partial charge in [-0.2, -0.15) is 0 Å². The summed E-state index contributed by atoms with van der Waals surface area (Å²) >= 11 is 0. The van der Waals surface area contributed by atoms with Crippen molar-refractivity contribution in [3.05, 3.63) is 0 Å². The Hall–Kier alpha value is -1.30. The Morgan fingerprint density at radius 2 is 1.67 bits per heavy atom. The number of carbonyl (C=O) groups is 2. The number of rotatable bonds is 1. The zero-order chi connectivity index (χ0) is 14.8. The van der Waals surface area contributed by atoms with Crippen LogP contribution >= 0.6 is 0 Å². The molecular formula is C15H25N3O3. The van der Waals surface area contributed by atoms with Gasteiger partial charge in [0, 0.05) is 38.8 Å². The number of carbonyl (C=O) groups excluding carboxylic acids is 1. The molecule has 2 atom stereocenters. The number of piperazine rings is 1. The maximum Gasteiger partial charge on any atom is 0.320 e. The second-order valence-electron chi connectivity index (χ2n) is 6.54. The molecule has 3 rings (SSSR count). The van der Waals surface area contributed by atoms with Gasteiger partial charge in [0.2, 0.25) is 0 Å². The Labute approximate surface area is 125 Å². The summed E-state index contributed by atoms with van der Waals surface area (Å²) < 4.78 is 0. The molecule has 0 aromatic carbocycles. The molecule has 1 N–H and O–H groups in total. The summed E-state index contributed by atoms with van der Waals surface area (Å²) in [6.45, 7) is 4.80. The van der Waals surface area contributed by atoms with Gasteiger partial charge in [0.05, 0.1) is 5.92 Å². The first-order valence-corrected chi connectivity index (χ1v) is 8.16. The van der Waals surface area contributed by atoms with Crippen molar-refractivity contribution in [2.24, 2.45) is 5.92 Å². The molecule has 1 unspecified atom stereocenters. The van der Waals surface area contributed by atoms with Crippen molar-refractivity contribution in [3.63, 3.8) is 0 Å². The standard InChI is InChI=1S/C15H25N3O3/c19-14(20)12-4-3-7-17(10-12)15(21)18-9-8-16-6-2-1-5-13(16)11-18/h12-13H,1-11H2,(H,19,20)/t12-,13?/m1/s1. The zero-order valence-corrected chi connectivity index (χ0v) is 12.5. The van der Waals surface area contributed by atoms with Crippen molar-refractivity contribution < 1.29 is 14.7 Å². The Bertz CT molecular complexity index is 415. The Kier molecular flexibility index (Phi) is 4.33. The minimum atomic E-state index is -0.774. The summed E-state index contributed by atoms with van der Waals surface area (Å²) in [5, 5.41) is 9.14. The highest BCUT2D eigenvalue weighted by molar-refractivity contribution is 5.77. The minimum Gasteiger partial charge on any atom is -0.481 e. The Morgan fingerprint density at radius 1 is 0.857 bits per heavy atom. The summed E-state index contributed by atoms with van der Waals surface area (Å²) in [5.41, 5.74) is 0. The number of hydrogen-bond acceptors (Lipinski definition) is 3. The molecule has 0 bridgehead atoms. The van der Waals surface area contributed by atoms with Crippen LogP contribution in [0.15, 0.2) is 0 Å². The van der Waals surface area contributed by atoms with Crippen LogP contribution in [0.2, 0.25) is 0 Å². The predicted octanol–water partition coefficient (Wildman–Crippen LogP) is 1.07. The highest BCUT2D eigenvalue weighted by Crippen LogP contribution is 2.23. The van der Waals surface area contributed by atoms with Crippen LogP contribution in [0.5, 0.6) is 0 Å². The molecule has 0 radical (unpaired) electrons. The summed E-state index contributed by atoms with van der Waals surface area (Å²) in [7, 11) is 0. The van der Waals surface area contributed by atoms with Gasteiger partial charge in [0.25, 0.3) is 0 Å². The summed E-state index contributed by atoms with van der Waals surface area (Å²) in [5.74, 6) is -1.16. The number of carboxylic acids is 1. The number of likely N-dealkylation sites (tertiary alicyclic amines) is 1. The fourth-order valence-corrected chi connectivity index (χ4v) is 3.88. The SMILES string of the molecule is O=C(O)[C@@H]1CCCN(C(=O)N2CCN3CCCCC3C2)C1. The quantitative estimate of drug-likeness (QED) is 0.786. The van der Waals surface area contributed by atoms with E-state index in [1.807, 2.05) is 4.90 Å². The fourth-order valence-electron chi connectivity index (χ4n) is 3.88. The van der Waals surface area contributed by atoms with E-state index in [2.05, 4.69) is 4.90 Å². The largest absolute Gasteiger partial charge is 0.481 e. The molecule has 3 aliphatic rings. The number of urea groups is 1. The molecule has 118 valence electrons. The molecule has 0 aromatic rings. The monoisotopic (exact) mass is 295 g/mol. The highest BCUT2D eigenvalue weighted by atomic mass is 16.4. The fraction of sp³-hybridized carbons (Fsp3) is 0.867. The number of aliphatic carboxylic acids is 1. The summed E-state index contributed by atoms with van der Waals surface area (Å²) in [6, 6.07) is 0.558. The van der Waals surface area contributed by atoms with E-state index < -0.39 is 11.9 Å². The molecule has 21 heavy (non-hydrogen) atoms. The summed E-state index contributed by atoms with van der Waals surface area (Å²) in [6.07, 6.45) is 5.20. The number of hydrogen-bond donors (Lipinski definition) is 1. The van der Waals surface area contributed by atoms with Gasteiger partial charge in [0.1, 0.15) is 0 Å². The lowest BCUT2D eigenvalue weighted by Crippen LogP contribution is -2.59. The van der Waals surface area contributed by atoms with Crippen LogP contribution in [0.1, 0.15) is 32.1 Å². The second-order valence-corrected chi connectivity index (χ2v) is 6.54. The number of piperidine rings is 2. The van der Waals surface area contributed by atoms with Crippen LogP contribution in [-0.2, 0) is 4.79 Å². The lowest BCUT2D eigenvalue weighted by molar-refractivity contribution is -0.143. The van der Waals surface area contributed by atoms with E-state index in [1.54, 1.807) is 4.90 Å². The van der Waals surface area contributed by atoms with E-state index in [4.69, 9.17) is 5.11 Å². The number of fused-ring (bicyclic) bond motifs is 1. The molecule has 0 aliphatic carbocycles. The normalized spacial score (nSPS) is 30.9. The first-order valence-electron chi connectivity index (χ1n) is 8.16. The van der Waals surface area contributed by atoms with E-state index in [1.165, 1.54) is 19.3 Å². The van der Waals surface area contributed by atoms with Crippen LogP contribution in [0.3, 0.4) is 0 Å². The molecule has 0 aromatic heterocycles. The van der Waals surface area contributed by atoms with Crippen molar-refractivity contribution in [3.8, 4) is 0 Å². The molecule has 3 saturated heterocycles. The van der Waals surface area contributed by atoms with Crippen LogP contribution in [-0.4, -0.2) is 77.1 Å². The molecule has 0 spiro atoms. The molecule has 3 heterocycles. The topological polar surface area (TPSA) is 64.1 Å². The van der Waals surface area contributed by atoms with Gasteiger partial charge < -0.3 is 14.9 Å². The van der Waals surface area contributed by atoms with E-state index in [9.17, 15) is 9.59 Å². The maximum absolute atomic E-state index is 12.6. The summed E-state index contributed by atoms with van der Waals surface area (Å²) in [4.78, 5) is 30.0. The number of nitrogens with zero attached hydrogens (tertiary/aromatic N) is 3. The third-order valence-corrected chi connectivity index (χ3v) is 5.15. The number of carboxylic acid groups (broad SMARTS) is 1. The van der Waals surface area contributed by atoms with Gasteiger partial charge in [-0.3, -0.25) is 9.69 Å². The smallest absolute Gasteiger partial charge is 0.320 e. The van der Waals surface area contributed by atoms with E-state index in [-0.39, 0.29) is 6.03 Å². The van der Waals surface area contributed by atoms with Crippen LogP contribution in [0.4, 0.5) is 4.79 Å². The average molecular weight is 295 g/mol. The first kappa shape index (κ1) is 14.6. The van der Waals surface area contributed by atoms with Crippen molar-refractivity contribution in [2.75, 3.05) is 39.3 Å². The minimum absolute atomic E-state index is 0.0474. The van der Waals surface area contributed by atoms with Crippen molar-refractivity contribution >= 4 is 12.0 Å². The van der Waals surface area contributed by atoms with Crippen molar-refractivity contribution in [2.45, 2.75) is 38.1 Å². The maximum atomic E-state index is 12.6. The van der Waals surface area contributed by atoms with E-state index >= 15 is 0 Å². The Morgan fingerprint density at radius 3 is 2.48 bits per heavy atom. The van der Waals surface area contributed by atoms with Gasteiger partial charge in [-0.05, 0) is 32.2 Å². The van der Waals surface area contributed by atoms with Crippen LogP contribution in [0.25, 0.3) is 0 Å². The number of amides is 2. The molecule has 3 fully saturated rings. The average Bonchev–Trinajstić information content (AvgIpc) is 2.53. The van der Waals surface area contributed by atoms with Gasteiger partial charge in [-0.25, -0.2) is 4.79 Å². The lowest BCUT2D eigenvalue weighted by Gasteiger charge is -2.45. The van der Waals surface area contributed by atoms with E-state index in [0.717, 1.165) is 32.6 Å². The third-order valence-electron chi connectivity index (χ3n) is 5.15. The molecule has 6 heteroatoms. The third kappa shape index (κ3) is 3.15. The van der Waals surface area contributed by atoms with Crippen LogP contribution in [0, 0.1) is 5.92 Å². The lowest BCUT2D eigenvalue weighted by atomic mass is 9.98. The van der Waals surface area contributed by atoms with Gasteiger partial charge in [-0.15, -0.1) is 0 Å². The molecule has 6 nitrogen and oxygen atoms in total. The molecule has 0 saturated carbocycles. The van der Waals surface area contributed by atoms with Gasteiger partial charge in [-0.1, -0.05) is 6.42 Å².